The van der Waals surface area contributed by atoms with E-state index in [4.69, 9.17) is 0 Å². The normalized spacial score (nSPS) is 27.6. The van der Waals surface area contributed by atoms with Gasteiger partial charge in [0.25, 0.3) is 0 Å². The van der Waals surface area contributed by atoms with Gasteiger partial charge in [0.15, 0.2) is 0 Å². The summed E-state index contributed by atoms with van der Waals surface area (Å²) in [5, 5.41) is 21.7. The number of amides is 1. The Morgan fingerprint density at radius 2 is 1.85 bits per heavy atom. The van der Waals surface area contributed by atoms with Crippen molar-refractivity contribution in [2.75, 3.05) is 6.54 Å². The quantitative estimate of drug-likeness (QED) is 0.664. The minimum absolute atomic E-state index is 0.205. The molecule has 0 saturated heterocycles. The highest BCUT2D eigenvalue weighted by molar-refractivity contribution is 5.85. The van der Waals surface area contributed by atoms with Gasteiger partial charge in [-0.25, -0.2) is 0 Å². The van der Waals surface area contributed by atoms with Crippen molar-refractivity contribution in [2.24, 2.45) is 23.7 Å². The van der Waals surface area contributed by atoms with Gasteiger partial charge >= 0.3 is 5.97 Å². The molecule has 1 rings (SSSR count). The second-order valence-corrected chi connectivity index (χ2v) is 6.33. The molecule has 1 amide bonds. The van der Waals surface area contributed by atoms with Crippen molar-refractivity contribution < 1.29 is 19.8 Å². The zero-order valence-electron chi connectivity index (χ0n) is 12.6. The number of rotatable bonds is 7. The number of carboxylic acid groups (broad SMARTS) is 1. The summed E-state index contributed by atoms with van der Waals surface area (Å²) in [6.07, 6.45) is 2.19. The van der Waals surface area contributed by atoms with Crippen molar-refractivity contribution in [3.05, 3.63) is 0 Å². The van der Waals surface area contributed by atoms with Crippen LogP contribution >= 0.6 is 0 Å². The largest absolute Gasteiger partial charge is 0.481 e. The Morgan fingerprint density at radius 3 is 2.35 bits per heavy atom. The minimum atomic E-state index is -0.885. The Hall–Kier alpha value is -1.10. The summed E-state index contributed by atoms with van der Waals surface area (Å²) in [5.74, 6) is -1.47. The number of hydrogen-bond acceptors (Lipinski definition) is 3. The van der Waals surface area contributed by atoms with Crippen LogP contribution in [0.15, 0.2) is 0 Å². The maximum atomic E-state index is 12.1. The van der Waals surface area contributed by atoms with Crippen LogP contribution in [0.5, 0.6) is 0 Å². The van der Waals surface area contributed by atoms with Crippen LogP contribution < -0.4 is 5.32 Å². The lowest BCUT2D eigenvalue weighted by Gasteiger charge is -2.18. The highest BCUT2D eigenvalue weighted by Crippen LogP contribution is 2.38. The second-order valence-electron chi connectivity index (χ2n) is 6.33. The van der Waals surface area contributed by atoms with Gasteiger partial charge < -0.3 is 15.5 Å². The fourth-order valence-electron chi connectivity index (χ4n) is 3.02. The van der Waals surface area contributed by atoms with E-state index in [-0.39, 0.29) is 12.5 Å². The van der Waals surface area contributed by atoms with Gasteiger partial charge in [0, 0.05) is 6.54 Å². The molecule has 0 heterocycles. The molecule has 5 heteroatoms. The average molecular weight is 285 g/mol. The van der Waals surface area contributed by atoms with E-state index >= 15 is 0 Å². The molecule has 1 aliphatic carbocycles. The van der Waals surface area contributed by atoms with E-state index < -0.39 is 23.9 Å². The van der Waals surface area contributed by atoms with Crippen molar-refractivity contribution in [3.63, 3.8) is 0 Å². The van der Waals surface area contributed by atoms with E-state index in [1.54, 1.807) is 0 Å². The third-order valence-corrected chi connectivity index (χ3v) is 4.15. The SMILES string of the molecule is CCC1CC(C(=O)O)C(C(=O)NCC(O)CC(C)C)C1. The maximum absolute atomic E-state index is 12.1. The van der Waals surface area contributed by atoms with Crippen LogP contribution in [0.1, 0.15) is 46.5 Å². The average Bonchev–Trinajstić information content (AvgIpc) is 2.79. The Labute approximate surface area is 120 Å². The molecule has 1 fully saturated rings. The first-order chi connectivity index (χ1) is 9.35. The Bertz CT molecular complexity index is 343. The fraction of sp³-hybridized carbons (Fsp3) is 0.867. The summed E-state index contributed by atoms with van der Waals surface area (Å²) in [5.41, 5.74) is 0. The zero-order chi connectivity index (χ0) is 15.3. The van der Waals surface area contributed by atoms with Gasteiger partial charge in [-0.05, 0) is 31.1 Å². The number of carboxylic acids is 1. The van der Waals surface area contributed by atoms with E-state index in [9.17, 15) is 19.8 Å². The molecule has 4 unspecified atom stereocenters. The molecule has 20 heavy (non-hydrogen) atoms. The van der Waals surface area contributed by atoms with Crippen molar-refractivity contribution in [1.82, 2.24) is 5.32 Å². The van der Waals surface area contributed by atoms with Gasteiger partial charge in [0.2, 0.25) is 5.91 Å². The molecule has 1 saturated carbocycles. The van der Waals surface area contributed by atoms with Crippen molar-refractivity contribution in [2.45, 2.75) is 52.6 Å². The van der Waals surface area contributed by atoms with Gasteiger partial charge in [-0.15, -0.1) is 0 Å². The lowest BCUT2D eigenvalue weighted by atomic mass is 9.95. The predicted octanol–water partition coefficient (Wildman–Crippen LogP) is 1.65. The van der Waals surface area contributed by atoms with Gasteiger partial charge in [0.1, 0.15) is 0 Å². The van der Waals surface area contributed by atoms with E-state index in [1.807, 2.05) is 20.8 Å². The maximum Gasteiger partial charge on any atom is 0.307 e. The van der Waals surface area contributed by atoms with E-state index in [1.165, 1.54) is 0 Å². The topological polar surface area (TPSA) is 86.6 Å². The molecular weight excluding hydrogens is 258 g/mol. The number of aliphatic carboxylic acids is 1. The van der Waals surface area contributed by atoms with Crippen LogP contribution in [0, 0.1) is 23.7 Å². The molecule has 3 N–H and O–H groups in total. The van der Waals surface area contributed by atoms with E-state index in [2.05, 4.69) is 5.32 Å². The molecule has 0 spiro atoms. The number of hydrogen-bond donors (Lipinski definition) is 3. The van der Waals surface area contributed by atoms with E-state index in [0.717, 1.165) is 6.42 Å². The van der Waals surface area contributed by atoms with Crippen molar-refractivity contribution >= 4 is 11.9 Å². The van der Waals surface area contributed by atoms with Crippen LogP contribution in [0.2, 0.25) is 0 Å². The first kappa shape index (κ1) is 17.0. The number of carbonyl (C=O) groups excluding carboxylic acids is 1. The van der Waals surface area contributed by atoms with Gasteiger partial charge in [-0.1, -0.05) is 27.2 Å². The monoisotopic (exact) mass is 285 g/mol. The fourth-order valence-corrected chi connectivity index (χ4v) is 3.02. The summed E-state index contributed by atoms with van der Waals surface area (Å²) in [6.45, 7) is 6.25. The summed E-state index contributed by atoms with van der Waals surface area (Å²) < 4.78 is 0. The summed E-state index contributed by atoms with van der Waals surface area (Å²) in [7, 11) is 0. The van der Waals surface area contributed by atoms with Crippen LogP contribution in [0.3, 0.4) is 0 Å². The Kier molecular flexibility index (Phi) is 6.46. The summed E-state index contributed by atoms with van der Waals surface area (Å²) in [4.78, 5) is 23.4. The first-order valence-corrected chi connectivity index (χ1v) is 7.53. The molecule has 0 aliphatic heterocycles. The highest BCUT2D eigenvalue weighted by Gasteiger charge is 2.42. The lowest BCUT2D eigenvalue weighted by Crippen LogP contribution is -2.39. The molecular formula is C15H27NO4. The molecule has 0 aromatic rings. The third kappa shape index (κ3) is 4.78. The Balaban J connectivity index is 2.50. The molecule has 116 valence electrons. The molecule has 0 aromatic carbocycles. The second kappa shape index (κ2) is 7.62. The third-order valence-electron chi connectivity index (χ3n) is 4.15. The van der Waals surface area contributed by atoms with Gasteiger partial charge in [-0.3, -0.25) is 9.59 Å². The van der Waals surface area contributed by atoms with Crippen LogP contribution in [0.25, 0.3) is 0 Å². The summed E-state index contributed by atoms with van der Waals surface area (Å²) >= 11 is 0. The standard InChI is InChI=1S/C15H27NO4/c1-4-10-6-12(13(7-10)15(19)20)14(18)16-8-11(17)5-9(2)3/h9-13,17H,4-8H2,1-3H3,(H,16,18)(H,19,20). The van der Waals surface area contributed by atoms with Gasteiger partial charge in [-0.2, -0.15) is 0 Å². The molecule has 0 bridgehead atoms. The first-order valence-electron chi connectivity index (χ1n) is 7.53. The molecule has 4 atom stereocenters. The summed E-state index contributed by atoms with van der Waals surface area (Å²) in [6, 6.07) is 0. The number of carbonyl (C=O) groups is 2. The highest BCUT2D eigenvalue weighted by atomic mass is 16.4. The number of nitrogens with one attached hydrogen (secondary N) is 1. The Morgan fingerprint density at radius 1 is 1.25 bits per heavy atom. The predicted molar refractivity (Wildman–Crippen MR) is 76.1 cm³/mol. The van der Waals surface area contributed by atoms with Gasteiger partial charge in [0.05, 0.1) is 17.9 Å². The lowest BCUT2D eigenvalue weighted by molar-refractivity contribution is -0.146. The minimum Gasteiger partial charge on any atom is -0.481 e. The van der Waals surface area contributed by atoms with Crippen LogP contribution in [-0.2, 0) is 9.59 Å². The van der Waals surface area contributed by atoms with E-state index in [0.29, 0.717) is 31.1 Å². The van der Waals surface area contributed by atoms with Crippen molar-refractivity contribution in [1.29, 1.82) is 0 Å². The molecule has 0 aromatic heterocycles. The van der Waals surface area contributed by atoms with Crippen molar-refractivity contribution in [3.8, 4) is 0 Å². The zero-order valence-corrected chi connectivity index (χ0v) is 12.6. The smallest absolute Gasteiger partial charge is 0.307 e. The van der Waals surface area contributed by atoms with Crippen LogP contribution in [0.4, 0.5) is 0 Å². The number of aliphatic hydroxyl groups is 1. The molecule has 0 radical (unpaired) electrons. The van der Waals surface area contributed by atoms with Crippen LogP contribution in [-0.4, -0.2) is 34.7 Å². The molecule has 1 aliphatic rings. The number of aliphatic hydroxyl groups excluding tert-OH is 1. The molecule has 5 nitrogen and oxygen atoms in total.